The van der Waals surface area contributed by atoms with Gasteiger partial charge in [0, 0.05) is 42.7 Å². The number of likely N-dealkylation sites (N-methyl/N-ethyl adjacent to an activating group) is 1. The lowest BCUT2D eigenvalue weighted by Crippen LogP contribution is -2.57. The van der Waals surface area contributed by atoms with E-state index in [0.717, 1.165) is 13.1 Å². The van der Waals surface area contributed by atoms with Gasteiger partial charge in [-0.25, -0.2) is 4.98 Å². The van der Waals surface area contributed by atoms with E-state index in [0.29, 0.717) is 18.1 Å². The van der Waals surface area contributed by atoms with Crippen molar-refractivity contribution in [2.75, 3.05) is 30.8 Å². The van der Waals surface area contributed by atoms with E-state index in [-0.39, 0.29) is 22.9 Å². The zero-order valence-electron chi connectivity index (χ0n) is 12.7. The number of halogens is 3. The predicted molar refractivity (Wildman–Crippen MR) is 82.8 cm³/mol. The Hall–Kier alpha value is -2.36. The molecule has 10 heteroatoms. The summed E-state index contributed by atoms with van der Waals surface area (Å²) in [6, 6.07) is 1.89. The summed E-state index contributed by atoms with van der Waals surface area (Å²) in [5, 5.41) is 3.12. The van der Waals surface area contributed by atoms with Crippen LogP contribution in [0.2, 0.25) is 0 Å². The van der Waals surface area contributed by atoms with Gasteiger partial charge >= 0.3 is 6.30 Å². The lowest BCUT2D eigenvalue weighted by Gasteiger charge is -2.40. The van der Waals surface area contributed by atoms with Gasteiger partial charge in [-0.3, -0.25) is 0 Å². The number of aromatic nitrogens is 2. The van der Waals surface area contributed by atoms with Crippen LogP contribution in [0.5, 0.6) is 0 Å². The molecule has 0 bridgehead atoms. The van der Waals surface area contributed by atoms with Crippen LogP contribution in [0.15, 0.2) is 16.8 Å². The molecule has 0 unspecified atom stereocenters. The average Bonchev–Trinajstić information content (AvgIpc) is 2.35. The summed E-state index contributed by atoms with van der Waals surface area (Å²) in [5.41, 5.74) is 11.7. The van der Waals surface area contributed by atoms with Crippen molar-refractivity contribution in [1.82, 2.24) is 15.3 Å². The molecule has 2 rings (SSSR count). The van der Waals surface area contributed by atoms with Crippen LogP contribution in [0.4, 0.5) is 24.9 Å². The van der Waals surface area contributed by atoms with Gasteiger partial charge in [-0.1, -0.05) is 0 Å². The van der Waals surface area contributed by atoms with Crippen LogP contribution >= 0.6 is 0 Å². The second-order valence-corrected chi connectivity index (χ2v) is 5.18. The molecule has 0 radical (unpaired) electrons. The van der Waals surface area contributed by atoms with Crippen molar-refractivity contribution < 1.29 is 13.2 Å². The molecule has 1 fully saturated rings. The number of nitrogens with two attached hydrogens (primary N) is 2. The fourth-order valence-corrected chi connectivity index (χ4v) is 2.11. The molecular formula is C13H18F3N7. The van der Waals surface area contributed by atoms with Gasteiger partial charge in [0.15, 0.2) is 0 Å². The van der Waals surface area contributed by atoms with E-state index in [4.69, 9.17) is 11.5 Å². The summed E-state index contributed by atoms with van der Waals surface area (Å²) in [6.45, 7) is 2.92. The Morgan fingerprint density at radius 1 is 1.43 bits per heavy atom. The number of aliphatic imine (C=N–C) groups is 1. The summed E-state index contributed by atoms with van der Waals surface area (Å²) in [6.07, 6.45) is -4.03. The molecule has 1 aromatic heterocycles. The molecule has 1 aliphatic rings. The van der Waals surface area contributed by atoms with Gasteiger partial charge in [0.1, 0.15) is 5.82 Å². The minimum atomic E-state index is -4.68. The van der Waals surface area contributed by atoms with Crippen molar-refractivity contribution in [3.63, 3.8) is 0 Å². The minimum absolute atomic E-state index is 0.0374. The molecule has 0 aliphatic carbocycles. The van der Waals surface area contributed by atoms with Gasteiger partial charge in [-0.2, -0.15) is 9.98 Å². The molecule has 7 nitrogen and oxygen atoms in total. The van der Waals surface area contributed by atoms with E-state index < -0.39 is 6.30 Å². The molecule has 1 saturated heterocycles. The van der Waals surface area contributed by atoms with E-state index in [1.165, 1.54) is 6.92 Å². The Kier molecular flexibility index (Phi) is 4.73. The van der Waals surface area contributed by atoms with Crippen molar-refractivity contribution in [2.24, 2.45) is 10.7 Å². The second kappa shape index (κ2) is 6.41. The van der Waals surface area contributed by atoms with Crippen molar-refractivity contribution in [3.05, 3.63) is 17.5 Å². The number of anilines is 2. The summed E-state index contributed by atoms with van der Waals surface area (Å²) < 4.78 is 36.9. The molecule has 5 N–H and O–H groups in total. The molecule has 2 heterocycles. The largest absolute Gasteiger partial charge is 0.503 e. The molecule has 126 valence electrons. The Morgan fingerprint density at radius 2 is 2.09 bits per heavy atom. The third kappa shape index (κ3) is 4.31. The average molecular weight is 329 g/mol. The van der Waals surface area contributed by atoms with Crippen LogP contribution in [-0.2, 0) is 0 Å². The molecule has 0 amide bonds. The summed E-state index contributed by atoms with van der Waals surface area (Å²) in [4.78, 5) is 12.5. The van der Waals surface area contributed by atoms with E-state index in [1.807, 2.05) is 11.9 Å². The molecule has 1 aromatic rings. The van der Waals surface area contributed by atoms with Crippen LogP contribution in [0, 0.1) is 0 Å². The highest BCUT2D eigenvalue weighted by Gasteiger charge is 2.28. The standard InChI is InChI=1S/C13H18F3N7/c1-7(17)9(4-20-13(14,15)16)10-3-11(22-12(18)21-10)23-5-8(6-23)19-2/h3-4,8,19H,5-6,17H2,1-2H3,(H2,18,21,22). The van der Waals surface area contributed by atoms with Crippen molar-refractivity contribution in [2.45, 2.75) is 19.3 Å². The number of nitrogens with zero attached hydrogens (tertiary/aromatic N) is 4. The maximum Gasteiger partial charge on any atom is 0.503 e. The highest BCUT2D eigenvalue weighted by molar-refractivity contribution is 6.10. The quantitative estimate of drug-likeness (QED) is 0.556. The van der Waals surface area contributed by atoms with E-state index in [9.17, 15) is 13.2 Å². The maximum absolute atomic E-state index is 12.3. The zero-order chi connectivity index (χ0) is 17.2. The maximum atomic E-state index is 12.3. The fourth-order valence-electron chi connectivity index (χ4n) is 2.11. The highest BCUT2D eigenvalue weighted by atomic mass is 19.4. The number of hydrogen-bond acceptors (Lipinski definition) is 7. The number of rotatable bonds is 4. The summed E-state index contributed by atoms with van der Waals surface area (Å²) in [7, 11) is 1.86. The molecule has 0 atom stereocenters. The third-order valence-electron chi connectivity index (χ3n) is 3.38. The predicted octanol–water partition coefficient (Wildman–Crippen LogP) is 0.747. The monoisotopic (exact) mass is 329 g/mol. The number of nitrogens with one attached hydrogen (secondary N) is 1. The van der Waals surface area contributed by atoms with Crippen LogP contribution in [0.25, 0.3) is 5.57 Å². The third-order valence-corrected chi connectivity index (χ3v) is 3.38. The van der Waals surface area contributed by atoms with Gasteiger partial charge in [-0.15, -0.1) is 13.2 Å². The number of allylic oxidation sites excluding steroid dienone is 2. The molecule has 0 spiro atoms. The molecule has 0 saturated carbocycles. The SMILES string of the molecule is CNC1CN(c2cc(C(C=NC(F)(F)F)=C(C)N)nc(N)n2)C1. The first-order valence-corrected chi connectivity index (χ1v) is 6.85. The minimum Gasteiger partial charge on any atom is -0.402 e. The Balaban J connectivity index is 2.32. The Morgan fingerprint density at radius 3 is 2.61 bits per heavy atom. The molecule has 1 aliphatic heterocycles. The van der Waals surface area contributed by atoms with Gasteiger partial charge in [-0.05, 0) is 14.0 Å². The summed E-state index contributed by atoms with van der Waals surface area (Å²) >= 11 is 0. The van der Waals surface area contributed by atoms with Crippen molar-refractivity contribution in [1.29, 1.82) is 0 Å². The lowest BCUT2D eigenvalue weighted by molar-refractivity contribution is -0.118. The number of hydrogen-bond donors (Lipinski definition) is 3. The zero-order valence-corrected chi connectivity index (χ0v) is 12.7. The molecular weight excluding hydrogens is 311 g/mol. The van der Waals surface area contributed by atoms with Gasteiger partial charge in [0.05, 0.1) is 5.69 Å². The lowest BCUT2D eigenvalue weighted by atomic mass is 10.1. The van der Waals surface area contributed by atoms with Gasteiger partial charge in [0.25, 0.3) is 0 Å². The topological polar surface area (TPSA) is 105 Å². The van der Waals surface area contributed by atoms with Crippen LogP contribution in [0.1, 0.15) is 12.6 Å². The van der Waals surface area contributed by atoms with E-state index in [2.05, 4.69) is 20.3 Å². The molecule has 0 aromatic carbocycles. The van der Waals surface area contributed by atoms with Crippen LogP contribution in [0.3, 0.4) is 0 Å². The second-order valence-electron chi connectivity index (χ2n) is 5.18. The first-order chi connectivity index (χ1) is 10.7. The van der Waals surface area contributed by atoms with Crippen molar-refractivity contribution >= 4 is 23.6 Å². The van der Waals surface area contributed by atoms with Crippen LogP contribution in [-0.4, -0.2) is 48.7 Å². The Bertz CT molecular complexity index is 629. The first kappa shape index (κ1) is 17.0. The normalized spacial score (nSPS) is 17.3. The smallest absolute Gasteiger partial charge is 0.402 e. The van der Waals surface area contributed by atoms with Crippen LogP contribution < -0.4 is 21.7 Å². The van der Waals surface area contributed by atoms with Gasteiger partial charge < -0.3 is 21.7 Å². The van der Waals surface area contributed by atoms with Gasteiger partial charge in [0.2, 0.25) is 5.95 Å². The number of nitrogen functional groups attached to an aromatic ring is 1. The fraction of sp³-hybridized carbons (Fsp3) is 0.462. The first-order valence-electron chi connectivity index (χ1n) is 6.85. The number of alkyl halides is 3. The van der Waals surface area contributed by atoms with E-state index in [1.54, 1.807) is 6.07 Å². The van der Waals surface area contributed by atoms with Crippen molar-refractivity contribution in [3.8, 4) is 0 Å². The Labute approximate surface area is 131 Å². The highest BCUT2D eigenvalue weighted by Crippen LogP contribution is 2.24. The molecule has 23 heavy (non-hydrogen) atoms. The van der Waals surface area contributed by atoms with E-state index >= 15 is 0 Å². The summed E-state index contributed by atoms with van der Waals surface area (Å²) in [5.74, 6) is 0.503.